The Balaban J connectivity index is 1.40. The summed E-state index contributed by atoms with van der Waals surface area (Å²) in [6, 6.07) is 1.17. The van der Waals surface area contributed by atoms with Gasteiger partial charge in [0.2, 0.25) is 17.7 Å². The van der Waals surface area contributed by atoms with Crippen LogP contribution in [0.4, 0.5) is 0 Å². The fourth-order valence-corrected chi connectivity index (χ4v) is 4.35. The van der Waals surface area contributed by atoms with Crippen LogP contribution in [0.1, 0.15) is 58.8 Å². The summed E-state index contributed by atoms with van der Waals surface area (Å²) >= 11 is 0. The molecule has 0 aromatic carbocycles. The molecule has 2 aliphatic carbocycles. The third kappa shape index (κ3) is 4.22. The van der Waals surface area contributed by atoms with Gasteiger partial charge in [0.1, 0.15) is 0 Å². The summed E-state index contributed by atoms with van der Waals surface area (Å²) in [6.45, 7) is 6.09. The minimum Gasteiger partial charge on any atom is -0.355 e. The van der Waals surface area contributed by atoms with E-state index in [0.717, 1.165) is 32.2 Å². The molecule has 3 rings (SSSR count). The van der Waals surface area contributed by atoms with Crippen molar-refractivity contribution in [3.8, 4) is 0 Å². The summed E-state index contributed by atoms with van der Waals surface area (Å²) in [6.07, 6.45) is 6.43. The molecule has 3 fully saturated rings. The molecule has 0 bridgehead atoms. The molecule has 3 aliphatic rings. The molecule has 6 nitrogen and oxygen atoms in total. The molecule has 3 amide bonds. The molecule has 6 heteroatoms. The standard InChI is InChI=1S/C19H31N3O3/c1-13(2)21(14-7-8-14)12-10-20-17(23)9-11-22-18(24)15-5-3-4-6-16(15)19(22)25/h13-16H,3-12H2,1-2H3,(H,20,23)/t15-,16-/m1/s1. The third-order valence-corrected chi connectivity index (χ3v) is 5.87. The zero-order chi connectivity index (χ0) is 18.0. The van der Waals surface area contributed by atoms with Gasteiger partial charge in [-0.25, -0.2) is 0 Å². The zero-order valence-electron chi connectivity index (χ0n) is 15.5. The van der Waals surface area contributed by atoms with Crippen LogP contribution in [0.25, 0.3) is 0 Å². The summed E-state index contributed by atoms with van der Waals surface area (Å²) in [4.78, 5) is 40.6. The first kappa shape index (κ1) is 18.4. The lowest BCUT2D eigenvalue weighted by atomic mass is 9.81. The highest BCUT2D eigenvalue weighted by molar-refractivity contribution is 6.05. The number of hydrogen-bond acceptors (Lipinski definition) is 4. The van der Waals surface area contributed by atoms with Crippen molar-refractivity contribution >= 4 is 17.7 Å². The number of imide groups is 1. The van der Waals surface area contributed by atoms with Crippen molar-refractivity contribution in [2.75, 3.05) is 19.6 Å². The predicted octanol–water partition coefficient (Wildman–Crippen LogP) is 1.54. The van der Waals surface area contributed by atoms with E-state index in [4.69, 9.17) is 0 Å². The maximum atomic E-state index is 12.4. The molecule has 140 valence electrons. The first-order valence-electron chi connectivity index (χ1n) is 9.86. The van der Waals surface area contributed by atoms with E-state index < -0.39 is 0 Å². The van der Waals surface area contributed by atoms with Gasteiger partial charge >= 0.3 is 0 Å². The van der Waals surface area contributed by atoms with Crippen molar-refractivity contribution in [3.63, 3.8) is 0 Å². The smallest absolute Gasteiger partial charge is 0.233 e. The maximum absolute atomic E-state index is 12.4. The van der Waals surface area contributed by atoms with Crippen molar-refractivity contribution in [2.24, 2.45) is 11.8 Å². The number of nitrogens with one attached hydrogen (secondary N) is 1. The molecular formula is C19H31N3O3. The Morgan fingerprint density at radius 3 is 2.24 bits per heavy atom. The Hall–Kier alpha value is -1.43. The van der Waals surface area contributed by atoms with Crippen molar-refractivity contribution < 1.29 is 14.4 Å². The number of likely N-dealkylation sites (tertiary alicyclic amines) is 1. The monoisotopic (exact) mass is 349 g/mol. The first-order chi connectivity index (χ1) is 12.0. The number of carbonyl (C=O) groups is 3. The van der Waals surface area contributed by atoms with Crippen molar-refractivity contribution in [2.45, 2.75) is 70.9 Å². The number of rotatable bonds is 8. The Morgan fingerprint density at radius 2 is 1.72 bits per heavy atom. The van der Waals surface area contributed by atoms with Crippen molar-refractivity contribution in [3.05, 3.63) is 0 Å². The molecule has 25 heavy (non-hydrogen) atoms. The fraction of sp³-hybridized carbons (Fsp3) is 0.842. The Kier molecular flexibility index (Phi) is 5.77. The number of amides is 3. The molecule has 0 radical (unpaired) electrons. The molecule has 1 saturated heterocycles. The second-order valence-corrected chi connectivity index (χ2v) is 7.99. The fourth-order valence-electron chi connectivity index (χ4n) is 4.35. The van der Waals surface area contributed by atoms with Crippen LogP contribution >= 0.6 is 0 Å². The van der Waals surface area contributed by atoms with Crippen LogP contribution in [0.15, 0.2) is 0 Å². The molecule has 0 aromatic heterocycles. The van der Waals surface area contributed by atoms with E-state index in [0.29, 0.717) is 18.6 Å². The molecule has 0 spiro atoms. The molecule has 2 atom stereocenters. The largest absolute Gasteiger partial charge is 0.355 e. The second-order valence-electron chi connectivity index (χ2n) is 7.99. The lowest BCUT2D eigenvalue weighted by molar-refractivity contribution is -0.140. The van der Waals surface area contributed by atoms with E-state index in [2.05, 4.69) is 24.1 Å². The van der Waals surface area contributed by atoms with Gasteiger partial charge in [-0.1, -0.05) is 12.8 Å². The van der Waals surface area contributed by atoms with Crippen molar-refractivity contribution in [1.29, 1.82) is 0 Å². The second kappa shape index (κ2) is 7.85. The van der Waals surface area contributed by atoms with Crippen LogP contribution in [-0.2, 0) is 14.4 Å². The highest BCUT2D eigenvalue weighted by Crippen LogP contribution is 2.37. The topological polar surface area (TPSA) is 69.7 Å². The van der Waals surface area contributed by atoms with Gasteiger partial charge in [0.05, 0.1) is 11.8 Å². The maximum Gasteiger partial charge on any atom is 0.233 e. The van der Waals surface area contributed by atoms with E-state index in [1.807, 2.05) is 0 Å². The minimum absolute atomic E-state index is 0.0535. The Labute approximate surface area is 150 Å². The van der Waals surface area contributed by atoms with E-state index in [1.165, 1.54) is 17.7 Å². The lowest BCUT2D eigenvalue weighted by Crippen LogP contribution is -2.41. The first-order valence-corrected chi connectivity index (χ1v) is 9.86. The van der Waals surface area contributed by atoms with E-state index in [-0.39, 0.29) is 42.5 Å². The number of fused-ring (bicyclic) bond motifs is 1. The van der Waals surface area contributed by atoms with Crippen LogP contribution in [0.2, 0.25) is 0 Å². The van der Waals surface area contributed by atoms with Gasteiger partial charge in [0.15, 0.2) is 0 Å². The normalized spacial score (nSPS) is 26.5. The molecule has 1 N–H and O–H groups in total. The van der Waals surface area contributed by atoms with Gasteiger partial charge in [0.25, 0.3) is 0 Å². The lowest BCUT2D eigenvalue weighted by Gasteiger charge is -2.26. The van der Waals surface area contributed by atoms with E-state index >= 15 is 0 Å². The highest BCUT2D eigenvalue weighted by atomic mass is 16.2. The highest BCUT2D eigenvalue weighted by Gasteiger charge is 2.47. The average molecular weight is 349 g/mol. The predicted molar refractivity (Wildman–Crippen MR) is 94.7 cm³/mol. The quantitative estimate of drug-likeness (QED) is 0.675. The summed E-state index contributed by atoms with van der Waals surface area (Å²) in [5, 5.41) is 2.94. The van der Waals surface area contributed by atoms with Crippen LogP contribution in [0.3, 0.4) is 0 Å². The molecule has 1 aliphatic heterocycles. The summed E-state index contributed by atoms with van der Waals surface area (Å²) < 4.78 is 0. The number of carbonyl (C=O) groups excluding carboxylic acids is 3. The Morgan fingerprint density at radius 1 is 1.12 bits per heavy atom. The van der Waals surface area contributed by atoms with Crippen molar-refractivity contribution in [1.82, 2.24) is 15.1 Å². The summed E-state index contributed by atoms with van der Waals surface area (Å²) in [7, 11) is 0. The molecule has 0 aromatic rings. The van der Waals surface area contributed by atoms with Crippen LogP contribution < -0.4 is 5.32 Å². The zero-order valence-corrected chi connectivity index (χ0v) is 15.5. The molecule has 1 heterocycles. The van der Waals surface area contributed by atoms with E-state index in [1.54, 1.807) is 0 Å². The van der Waals surface area contributed by atoms with Gasteiger partial charge in [-0.15, -0.1) is 0 Å². The SMILES string of the molecule is CC(C)N(CCNC(=O)CCN1C(=O)[C@@H]2CCCC[C@H]2C1=O)C1CC1. The molecule has 2 saturated carbocycles. The van der Waals surface area contributed by atoms with Crippen LogP contribution in [0.5, 0.6) is 0 Å². The summed E-state index contributed by atoms with van der Waals surface area (Å²) in [5.41, 5.74) is 0. The third-order valence-electron chi connectivity index (χ3n) is 5.87. The van der Waals surface area contributed by atoms with Gasteiger partial charge in [-0.2, -0.15) is 0 Å². The van der Waals surface area contributed by atoms with Crippen LogP contribution in [-0.4, -0.2) is 59.2 Å². The number of hydrogen-bond donors (Lipinski definition) is 1. The molecular weight excluding hydrogens is 318 g/mol. The van der Waals surface area contributed by atoms with Gasteiger partial charge < -0.3 is 5.32 Å². The van der Waals surface area contributed by atoms with Crippen LogP contribution in [0, 0.1) is 11.8 Å². The average Bonchev–Trinajstić information content (AvgIpc) is 3.39. The van der Waals surface area contributed by atoms with Gasteiger partial charge in [-0.05, 0) is 39.5 Å². The van der Waals surface area contributed by atoms with Gasteiger partial charge in [0, 0.05) is 38.1 Å². The van der Waals surface area contributed by atoms with Gasteiger partial charge in [-0.3, -0.25) is 24.2 Å². The minimum atomic E-state index is -0.123. The number of nitrogens with zero attached hydrogens (tertiary/aromatic N) is 2. The summed E-state index contributed by atoms with van der Waals surface area (Å²) in [5.74, 6) is -0.427. The Bertz CT molecular complexity index is 504. The van der Waals surface area contributed by atoms with E-state index in [9.17, 15) is 14.4 Å². The molecule has 0 unspecified atom stereocenters.